The molecule has 1 saturated heterocycles. The summed E-state index contributed by atoms with van der Waals surface area (Å²) in [5, 5.41) is 8.73. The predicted octanol–water partition coefficient (Wildman–Crippen LogP) is 3.24. The molecule has 1 unspecified atom stereocenters. The van der Waals surface area contributed by atoms with Crippen molar-refractivity contribution in [1.82, 2.24) is 24.9 Å². The van der Waals surface area contributed by atoms with Gasteiger partial charge in [0, 0.05) is 31.0 Å². The van der Waals surface area contributed by atoms with Gasteiger partial charge in [0.25, 0.3) is 0 Å². The van der Waals surface area contributed by atoms with E-state index in [1.54, 1.807) is 29.2 Å². The van der Waals surface area contributed by atoms with Gasteiger partial charge < -0.3 is 4.74 Å². The minimum absolute atomic E-state index is 0.124. The number of benzene rings is 1. The zero-order chi connectivity index (χ0) is 20.9. The highest BCUT2D eigenvalue weighted by molar-refractivity contribution is 5.72. The summed E-state index contributed by atoms with van der Waals surface area (Å²) in [5.41, 5.74) is 3.06. The number of carbonyl (C=O) groups is 1. The van der Waals surface area contributed by atoms with E-state index in [-0.39, 0.29) is 17.7 Å². The Labute approximate surface area is 174 Å². The molecule has 0 N–H and O–H groups in total. The number of carbonyl (C=O) groups excluding carboxylic acids is 1. The Hall–Kier alpha value is -3.13. The smallest absolute Gasteiger partial charge is 0.310 e. The second kappa shape index (κ2) is 9.13. The van der Waals surface area contributed by atoms with Gasteiger partial charge in [-0.1, -0.05) is 11.3 Å². The highest BCUT2D eigenvalue weighted by atomic mass is 19.1. The van der Waals surface area contributed by atoms with Crippen LogP contribution in [0.3, 0.4) is 0 Å². The molecule has 0 bridgehead atoms. The molecule has 0 aliphatic carbocycles. The second-order valence-corrected chi connectivity index (χ2v) is 7.34. The van der Waals surface area contributed by atoms with Crippen LogP contribution in [0.2, 0.25) is 0 Å². The molecular weight excluding hydrogens is 385 g/mol. The summed E-state index contributed by atoms with van der Waals surface area (Å²) in [7, 11) is 0. The molecule has 3 heterocycles. The largest absolute Gasteiger partial charge is 0.466 e. The molecule has 0 amide bonds. The lowest BCUT2D eigenvalue weighted by molar-refractivity contribution is -0.150. The first-order valence-electron chi connectivity index (χ1n) is 10.2. The number of pyridine rings is 1. The summed E-state index contributed by atoms with van der Waals surface area (Å²) in [6, 6.07) is 10.0. The van der Waals surface area contributed by atoms with Crippen LogP contribution in [-0.2, 0) is 16.1 Å². The Morgan fingerprint density at radius 3 is 2.87 bits per heavy atom. The first kappa shape index (κ1) is 20.2. The third-order valence-electron chi connectivity index (χ3n) is 5.25. The van der Waals surface area contributed by atoms with Crippen molar-refractivity contribution in [2.45, 2.75) is 26.3 Å². The Kier molecular flexibility index (Phi) is 6.13. The fraction of sp³-hybridized carbons (Fsp3) is 0.364. The highest BCUT2D eigenvalue weighted by Crippen LogP contribution is 2.27. The summed E-state index contributed by atoms with van der Waals surface area (Å²) in [4.78, 5) is 18.5. The zero-order valence-electron chi connectivity index (χ0n) is 16.9. The van der Waals surface area contributed by atoms with Crippen LogP contribution in [0.1, 0.15) is 25.5 Å². The average molecular weight is 409 g/mol. The van der Waals surface area contributed by atoms with Gasteiger partial charge in [-0.05, 0) is 56.6 Å². The number of likely N-dealkylation sites (tertiary alicyclic amines) is 1. The average Bonchev–Trinajstić information content (AvgIpc) is 3.18. The molecule has 1 fully saturated rings. The Bertz CT molecular complexity index is 1010. The minimum Gasteiger partial charge on any atom is -0.466 e. The van der Waals surface area contributed by atoms with Crippen molar-refractivity contribution in [2.24, 2.45) is 5.92 Å². The molecule has 1 aliphatic rings. The topological polar surface area (TPSA) is 73.1 Å². The van der Waals surface area contributed by atoms with Crippen molar-refractivity contribution >= 4 is 5.97 Å². The first-order valence-corrected chi connectivity index (χ1v) is 10.2. The summed E-state index contributed by atoms with van der Waals surface area (Å²) < 4.78 is 20.7. The van der Waals surface area contributed by atoms with E-state index in [2.05, 4.69) is 20.2 Å². The minimum atomic E-state index is -0.335. The summed E-state index contributed by atoms with van der Waals surface area (Å²) in [5.74, 6) is -0.597. The molecule has 0 spiro atoms. The van der Waals surface area contributed by atoms with Crippen molar-refractivity contribution in [1.29, 1.82) is 0 Å². The SMILES string of the molecule is CCOC(=O)C1CCCN(Cc2nnn(-c3cccc(F)c3)c2-c2ccncc2)C1. The fourth-order valence-electron chi connectivity index (χ4n) is 3.87. The molecule has 0 saturated carbocycles. The van der Waals surface area contributed by atoms with Crippen LogP contribution in [0.4, 0.5) is 4.39 Å². The molecule has 3 aromatic rings. The van der Waals surface area contributed by atoms with Gasteiger partial charge >= 0.3 is 5.97 Å². The monoisotopic (exact) mass is 409 g/mol. The van der Waals surface area contributed by atoms with Crippen molar-refractivity contribution in [3.63, 3.8) is 0 Å². The van der Waals surface area contributed by atoms with Crippen LogP contribution in [0.5, 0.6) is 0 Å². The Balaban J connectivity index is 1.64. The van der Waals surface area contributed by atoms with Gasteiger partial charge in [-0.3, -0.25) is 14.7 Å². The standard InChI is InChI=1S/C22H24FN5O2/c1-2-30-22(29)17-5-4-12-27(14-17)15-20-21(16-8-10-24-11-9-16)28(26-25-20)19-7-3-6-18(23)13-19/h3,6-11,13,17H,2,4-5,12,14-15H2,1H3. The van der Waals surface area contributed by atoms with Crippen LogP contribution in [-0.4, -0.2) is 50.5 Å². The van der Waals surface area contributed by atoms with Crippen LogP contribution >= 0.6 is 0 Å². The lowest BCUT2D eigenvalue weighted by atomic mass is 9.98. The van der Waals surface area contributed by atoms with Crippen LogP contribution in [0.25, 0.3) is 16.9 Å². The molecule has 0 radical (unpaired) electrons. The number of rotatable bonds is 6. The summed E-state index contributed by atoms with van der Waals surface area (Å²) in [6.07, 6.45) is 5.17. The van der Waals surface area contributed by atoms with E-state index in [0.717, 1.165) is 36.3 Å². The molecular formula is C22H24FN5O2. The number of esters is 1. The molecule has 30 heavy (non-hydrogen) atoms. The molecule has 8 heteroatoms. The van der Waals surface area contributed by atoms with Gasteiger partial charge in [0.15, 0.2) is 0 Å². The van der Waals surface area contributed by atoms with E-state index >= 15 is 0 Å². The molecule has 2 aromatic heterocycles. The van der Waals surface area contributed by atoms with Crippen LogP contribution in [0, 0.1) is 11.7 Å². The molecule has 4 rings (SSSR count). The second-order valence-electron chi connectivity index (χ2n) is 7.34. The van der Waals surface area contributed by atoms with Gasteiger partial charge in [-0.2, -0.15) is 0 Å². The first-order chi connectivity index (χ1) is 14.7. The van der Waals surface area contributed by atoms with Gasteiger partial charge in [-0.15, -0.1) is 5.10 Å². The lowest BCUT2D eigenvalue weighted by Gasteiger charge is -2.31. The maximum absolute atomic E-state index is 13.8. The number of hydrogen-bond donors (Lipinski definition) is 0. The van der Waals surface area contributed by atoms with Crippen molar-refractivity contribution in [2.75, 3.05) is 19.7 Å². The predicted molar refractivity (Wildman–Crippen MR) is 109 cm³/mol. The van der Waals surface area contributed by atoms with E-state index in [1.165, 1.54) is 12.1 Å². The van der Waals surface area contributed by atoms with Crippen LogP contribution in [0.15, 0.2) is 48.8 Å². The number of aromatic nitrogens is 4. The fourth-order valence-corrected chi connectivity index (χ4v) is 3.87. The number of hydrogen-bond acceptors (Lipinski definition) is 6. The normalized spacial score (nSPS) is 17.1. The molecule has 1 aromatic carbocycles. The zero-order valence-corrected chi connectivity index (χ0v) is 16.9. The van der Waals surface area contributed by atoms with E-state index in [0.29, 0.717) is 25.4 Å². The van der Waals surface area contributed by atoms with E-state index in [9.17, 15) is 9.18 Å². The lowest BCUT2D eigenvalue weighted by Crippen LogP contribution is -2.39. The Morgan fingerprint density at radius 1 is 1.27 bits per heavy atom. The summed E-state index contributed by atoms with van der Waals surface area (Å²) >= 11 is 0. The molecule has 1 aliphatic heterocycles. The van der Waals surface area contributed by atoms with E-state index in [1.807, 2.05) is 19.1 Å². The van der Waals surface area contributed by atoms with E-state index < -0.39 is 0 Å². The number of halogens is 1. The molecule has 1 atom stereocenters. The maximum Gasteiger partial charge on any atom is 0.310 e. The third-order valence-corrected chi connectivity index (χ3v) is 5.25. The van der Waals surface area contributed by atoms with Crippen molar-refractivity contribution in [3.8, 4) is 16.9 Å². The Morgan fingerprint density at radius 2 is 2.10 bits per heavy atom. The summed E-state index contributed by atoms with van der Waals surface area (Å²) in [6.45, 7) is 4.26. The van der Waals surface area contributed by atoms with Crippen LogP contribution < -0.4 is 0 Å². The van der Waals surface area contributed by atoms with Gasteiger partial charge in [-0.25, -0.2) is 9.07 Å². The van der Waals surface area contributed by atoms with Gasteiger partial charge in [0.05, 0.1) is 23.9 Å². The number of nitrogens with zero attached hydrogens (tertiary/aromatic N) is 5. The van der Waals surface area contributed by atoms with Crippen molar-refractivity contribution < 1.29 is 13.9 Å². The van der Waals surface area contributed by atoms with Gasteiger partial charge in [0.2, 0.25) is 0 Å². The number of piperidine rings is 1. The van der Waals surface area contributed by atoms with E-state index in [4.69, 9.17) is 4.74 Å². The quantitative estimate of drug-likeness (QED) is 0.582. The molecule has 156 valence electrons. The highest BCUT2D eigenvalue weighted by Gasteiger charge is 2.28. The third kappa shape index (κ3) is 4.38. The molecule has 7 nitrogen and oxygen atoms in total. The van der Waals surface area contributed by atoms with Gasteiger partial charge in [0.1, 0.15) is 11.5 Å². The maximum atomic E-state index is 13.8. The van der Waals surface area contributed by atoms with Crippen molar-refractivity contribution in [3.05, 3.63) is 60.3 Å². The number of ether oxygens (including phenoxy) is 1.